The zero-order valence-electron chi connectivity index (χ0n) is 10.5. The summed E-state index contributed by atoms with van der Waals surface area (Å²) in [6, 6.07) is 2.22. The molecule has 0 spiro atoms. The fraction of sp³-hybridized carbons (Fsp3) is 0.417. The molecule has 110 valence electrons. The highest BCUT2D eigenvalue weighted by Gasteiger charge is 2.35. The number of benzene rings is 1. The number of amides is 1. The Kier molecular flexibility index (Phi) is 4.05. The maximum absolute atomic E-state index is 13.5. The highest BCUT2D eigenvalue weighted by Crippen LogP contribution is 2.27. The van der Waals surface area contributed by atoms with Crippen molar-refractivity contribution in [1.29, 1.82) is 0 Å². The van der Waals surface area contributed by atoms with Crippen LogP contribution in [-0.2, 0) is 14.8 Å². The summed E-state index contributed by atoms with van der Waals surface area (Å²) in [6.07, 6.45) is 1.56. The highest BCUT2D eigenvalue weighted by molar-refractivity contribution is 7.89. The Hall–Kier alpha value is -1.54. The van der Waals surface area contributed by atoms with Crippen LogP contribution in [0.5, 0.6) is 0 Å². The van der Waals surface area contributed by atoms with E-state index in [1.54, 1.807) is 0 Å². The molecule has 1 amide bonds. The van der Waals surface area contributed by atoms with Crippen molar-refractivity contribution in [3.8, 4) is 0 Å². The molecule has 1 fully saturated rings. The van der Waals surface area contributed by atoms with E-state index in [1.165, 1.54) is 0 Å². The first-order valence-corrected chi connectivity index (χ1v) is 7.57. The predicted molar refractivity (Wildman–Crippen MR) is 67.0 cm³/mol. The zero-order valence-corrected chi connectivity index (χ0v) is 11.3. The van der Waals surface area contributed by atoms with Gasteiger partial charge in [0, 0.05) is 6.04 Å². The van der Waals surface area contributed by atoms with E-state index in [2.05, 4.69) is 4.72 Å². The van der Waals surface area contributed by atoms with E-state index in [9.17, 15) is 22.0 Å². The fourth-order valence-corrected chi connectivity index (χ4v) is 3.79. The van der Waals surface area contributed by atoms with Crippen molar-refractivity contribution < 1.29 is 22.0 Å². The number of nitrogens with one attached hydrogen (secondary N) is 1. The molecule has 8 heteroatoms. The van der Waals surface area contributed by atoms with Gasteiger partial charge in [-0.3, -0.25) is 4.79 Å². The molecule has 0 radical (unpaired) electrons. The topological polar surface area (TPSA) is 89.3 Å². The third kappa shape index (κ3) is 2.80. The smallest absolute Gasteiger partial charge is 0.243 e. The minimum atomic E-state index is -4.24. The van der Waals surface area contributed by atoms with Crippen LogP contribution in [0.25, 0.3) is 0 Å². The molecule has 3 N–H and O–H groups in total. The summed E-state index contributed by atoms with van der Waals surface area (Å²) < 4.78 is 53.0. The molecule has 2 unspecified atom stereocenters. The monoisotopic (exact) mass is 304 g/mol. The summed E-state index contributed by atoms with van der Waals surface area (Å²) >= 11 is 0. The standard InChI is InChI=1S/C12H14F2N2O3S/c13-8-4-2-6-10(11(8)14)20(18,19)16-9-5-1-3-7(9)12(15)17/h2,4,6-7,9,16H,1,3,5H2,(H2,15,17). The number of carbonyl (C=O) groups is 1. The van der Waals surface area contributed by atoms with E-state index >= 15 is 0 Å². The van der Waals surface area contributed by atoms with Crippen LogP contribution < -0.4 is 10.5 Å². The molecule has 1 aliphatic rings. The number of sulfonamides is 1. The van der Waals surface area contributed by atoms with Crippen molar-refractivity contribution in [1.82, 2.24) is 4.72 Å². The van der Waals surface area contributed by atoms with Crippen LogP contribution in [0.15, 0.2) is 23.1 Å². The Morgan fingerprint density at radius 1 is 1.30 bits per heavy atom. The van der Waals surface area contributed by atoms with E-state index in [0.717, 1.165) is 18.2 Å². The predicted octanol–water partition coefficient (Wildman–Crippen LogP) is 0.897. The summed E-state index contributed by atoms with van der Waals surface area (Å²) in [5.41, 5.74) is 5.19. The number of hydrogen-bond acceptors (Lipinski definition) is 3. The Morgan fingerprint density at radius 3 is 2.65 bits per heavy atom. The van der Waals surface area contributed by atoms with Gasteiger partial charge in [0.05, 0.1) is 5.92 Å². The van der Waals surface area contributed by atoms with Gasteiger partial charge >= 0.3 is 0 Å². The molecular weight excluding hydrogens is 290 g/mol. The molecular formula is C12H14F2N2O3S. The molecule has 1 aliphatic carbocycles. The molecule has 0 heterocycles. The summed E-state index contributed by atoms with van der Waals surface area (Å²) in [5, 5.41) is 0. The van der Waals surface area contributed by atoms with E-state index in [4.69, 9.17) is 5.73 Å². The normalized spacial score (nSPS) is 22.9. The average Bonchev–Trinajstić information content (AvgIpc) is 2.79. The van der Waals surface area contributed by atoms with Crippen LogP contribution >= 0.6 is 0 Å². The fourth-order valence-electron chi connectivity index (χ4n) is 2.40. The first kappa shape index (κ1) is 14.9. The van der Waals surface area contributed by atoms with Crippen LogP contribution in [0.1, 0.15) is 19.3 Å². The molecule has 2 rings (SSSR count). The summed E-state index contributed by atoms with van der Waals surface area (Å²) in [6.45, 7) is 0. The lowest BCUT2D eigenvalue weighted by Gasteiger charge is -2.18. The van der Waals surface area contributed by atoms with Crippen molar-refractivity contribution in [3.05, 3.63) is 29.8 Å². The maximum atomic E-state index is 13.5. The van der Waals surface area contributed by atoms with Crippen molar-refractivity contribution in [3.63, 3.8) is 0 Å². The van der Waals surface area contributed by atoms with Crippen LogP contribution in [0, 0.1) is 17.6 Å². The highest BCUT2D eigenvalue weighted by atomic mass is 32.2. The molecule has 20 heavy (non-hydrogen) atoms. The van der Waals surface area contributed by atoms with Crippen molar-refractivity contribution in [2.24, 2.45) is 11.7 Å². The first-order chi connectivity index (χ1) is 9.33. The van der Waals surface area contributed by atoms with Crippen LogP contribution in [0.3, 0.4) is 0 Å². The van der Waals surface area contributed by atoms with Gasteiger partial charge in [-0.05, 0) is 25.0 Å². The maximum Gasteiger partial charge on any atom is 0.243 e. The Labute approximate surface area is 115 Å². The summed E-state index contributed by atoms with van der Waals surface area (Å²) in [5.74, 6) is -3.91. The number of nitrogens with two attached hydrogens (primary N) is 1. The van der Waals surface area contributed by atoms with Gasteiger partial charge in [-0.25, -0.2) is 21.9 Å². The molecule has 1 saturated carbocycles. The van der Waals surface area contributed by atoms with Crippen LogP contribution in [0.2, 0.25) is 0 Å². The molecule has 2 atom stereocenters. The quantitative estimate of drug-likeness (QED) is 0.866. The van der Waals surface area contributed by atoms with Gasteiger partial charge in [0.1, 0.15) is 4.90 Å². The number of primary amides is 1. The van der Waals surface area contributed by atoms with Crippen LogP contribution in [-0.4, -0.2) is 20.4 Å². The first-order valence-electron chi connectivity index (χ1n) is 6.08. The van der Waals surface area contributed by atoms with Crippen molar-refractivity contribution in [2.45, 2.75) is 30.2 Å². The number of carbonyl (C=O) groups excluding carboxylic acids is 1. The zero-order chi connectivity index (χ0) is 14.9. The minimum absolute atomic E-state index is 0.434. The second kappa shape index (κ2) is 5.45. The third-order valence-electron chi connectivity index (χ3n) is 3.39. The second-order valence-corrected chi connectivity index (χ2v) is 6.40. The Bertz CT molecular complexity index is 634. The molecule has 1 aromatic carbocycles. The number of hydrogen-bond donors (Lipinski definition) is 2. The van der Waals surface area contributed by atoms with Gasteiger partial charge in [-0.2, -0.15) is 0 Å². The van der Waals surface area contributed by atoms with Crippen molar-refractivity contribution >= 4 is 15.9 Å². The lowest BCUT2D eigenvalue weighted by Crippen LogP contribution is -2.42. The third-order valence-corrected chi connectivity index (χ3v) is 4.90. The van der Waals surface area contributed by atoms with Crippen LogP contribution in [0.4, 0.5) is 8.78 Å². The lowest BCUT2D eigenvalue weighted by molar-refractivity contribution is -0.122. The van der Waals surface area contributed by atoms with E-state index in [-0.39, 0.29) is 0 Å². The SMILES string of the molecule is NC(=O)C1CCCC1NS(=O)(=O)c1cccc(F)c1F. The minimum Gasteiger partial charge on any atom is -0.369 e. The van der Waals surface area contributed by atoms with Gasteiger partial charge in [-0.15, -0.1) is 0 Å². The van der Waals surface area contributed by atoms with E-state index < -0.39 is 44.4 Å². The molecule has 0 aliphatic heterocycles. The lowest BCUT2D eigenvalue weighted by atomic mass is 10.0. The molecule has 0 saturated heterocycles. The molecule has 1 aromatic rings. The molecule has 0 bridgehead atoms. The Balaban J connectivity index is 2.28. The molecule has 0 aromatic heterocycles. The van der Waals surface area contributed by atoms with Gasteiger partial charge in [0.2, 0.25) is 15.9 Å². The van der Waals surface area contributed by atoms with Gasteiger partial charge in [0.15, 0.2) is 11.6 Å². The second-order valence-electron chi connectivity index (χ2n) is 4.72. The van der Waals surface area contributed by atoms with E-state index in [1.807, 2.05) is 0 Å². The van der Waals surface area contributed by atoms with Crippen molar-refractivity contribution in [2.75, 3.05) is 0 Å². The Morgan fingerprint density at radius 2 is 2.00 bits per heavy atom. The average molecular weight is 304 g/mol. The van der Waals surface area contributed by atoms with Gasteiger partial charge in [0.25, 0.3) is 0 Å². The van der Waals surface area contributed by atoms with E-state index in [0.29, 0.717) is 19.3 Å². The number of halogens is 2. The summed E-state index contributed by atoms with van der Waals surface area (Å²) in [4.78, 5) is 10.4. The van der Waals surface area contributed by atoms with Gasteiger partial charge in [-0.1, -0.05) is 12.5 Å². The largest absolute Gasteiger partial charge is 0.369 e. The molecule has 5 nitrogen and oxygen atoms in total. The van der Waals surface area contributed by atoms with Gasteiger partial charge < -0.3 is 5.73 Å². The number of rotatable bonds is 4. The summed E-state index contributed by atoms with van der Waals surface area (Å²) in [7, 11) is -4.24.